The highest BCUT2D eigenvalue weighted by atomic mass is 16.5. The number of fused-ring (bicyclic) bond motifs is 1. The van der Waals surface area contributed by atoms with Crippen molar-refractivity contribution in [3.63, 3.8) is 0 Å². The van der Waals surface area contributed by atoms with Gasteiger partial charge in [0.1, 0.15) is 0 Å². The second kappa shape index (κ2) is 7.00. The Labute approximate surface area is 140 Å². The molecule has 0 saturated heterocycles. The van der Waals surface area contributed by atoms with E-state index in [1.807, 2.05) is 30.3 Å². The fourth-order valence-electron chi connectivity index (χ4n) is 2.60. The van der Waals surface area contributed by atoms with Crippen LogP contribution in [0.25, 0.3) is 10.9 Å². The summed E-state index contributed by atoms with van der Waals surface area (Å²) in [4.78, 5) is 16.7. The van der Waals surface area contributed by atoms with Crippen LogP contribution in [0.3, 0.4) is 0 Å². The molecular formula is C19H18N2O3. The zero-order chi connectivity index (χ0) is 16.9. The minimum Gasteiger partial charge on any atom is -0.493 e. The summed E-state index contributed by atoms with van der Waals surface area (Å²) in [5.41, 5.74) is 2.40. The number of hydrogen-bond donors (Lipinski definition) is 1. The van der Waals surface area contributed by atoms with Gasteiger partial charge in [0.05, 0.1) is 26.2 Å². The number of methoxy groups -OCH3 is 2. The smallest absolute Gasteiger partial charge is 0.228 e. The van der Waals surface area contributed by atoms with Gasteiger partial charge in [-0.05, 0) is 23.8 Å². The van der Waals surface area contributed by atoms with Gasteiger partial charge in [-0.2, -0.15) is 0 Å². The first-order valence-electron chi connectivity index (χ1n) is 7.56. The molecule has 1 amide bonds. The van der Waals surface area contributed by atoms with Crippen molar-refractivity contribution in [2.24, 2.45) is 0 Å². The highest BCUT2D eigenvalue weighted by Gasteiger charge is 2.10. The van der Waals surface area contributed by atoms with Gasteiger partial charge in [0.25, 0.3) is 0 Å². The van der Waals surface area contributed by atoms with Crippen molar-refractivity contribution < 1.29 is 14.3 Å². The van der Waals surface area contributed by atoms with Crippen LogP contribution in [0.5, 0.6) is 11.5 Å². The molecule has 0 unspecified atom stereocenters. The van der Waals surface area contributed by atoms with E-state index >= 15 is 0 Å². The van der Waals surface area contributed by atoms with Gasteiger partial charge in [0.15, 0.2) is 11.5 Å². The normalized spacial score (nSPS) is 10.4. The predicted molar refractivity (Wildman–Crippen MR) is 93.6 cm³/mol. The number of carbonyl (C=O) groups excluding carboxylic acids is 1. The quantitative estimate of drug-likeness (QED) is 0.782. The van der Waals surface area contributed by atoms with Crippen LogP contribution in [0.15, 0.2) is 54.7 Å². The summed E-state index contributed by atoms with van der Waals surface area (Å²) in [7, 11) is 3.13. The lowest BCUT2D eigenvalue weighted by Crippen LogP contribution is -2.14. The van der Waals surface area contributed by atoms with Crippen molar-refractivity contribution >= 4 is 22.5 Å². The Hall–Kier alpha value is -3.08. The number of hydrogen-bond acceptors (Lipinski definition) is 4. The largest absolute Gasteiger partial charge is 0.493 e. The molecule has 1 aromatic heterocycles. The maximum atomic E-state index is 12.4. The summed E-state index contributed by atoms with van der Waals surface area (Å²) in [6.45, 7) is 0. The molecule has 5 heteroatoms. The van der Waals surface area contributed by atoms with E-state index in [4.69, 9.17) is 9.47 Å². The van der Waals surface area contributed by atoms with Crippen molar-refractivity contribution in [1.82, 2.24) is 4.98 Å². The Balaban J connectivity index is 1.78. The number of anilines is 1. The van der Waals surface area contributed by atoms with Gasteiger partial charge < -0.3 is 14.8 Å². The molecule has 0 aliphatic carbocycles. The number of aromatic nitrogens is 1. The van der Waals surface area contributed by atoms with Crippen LogP contribution in [0.2, 0.25) is 0 Å². The number of amides is 1. The number of nitrogens with one attached hydrogen (secondary N) is 1. The third-order valence-corrected chi connectivity index (χ3v) is 3.73. The fourth-order valence-corrected chi connectivity index (χ4v) is 2.60. The second-order valence-corrected chi connectivity index (χ2v) is 5.29. The Kier molecular flexibility index (Phi) is 4.61. The Bertz CT molecular complexity index is 872. The molecule has 0 aliphatic heterocycles. The van der Waals surface area contributed by atoms with E-state index in [2.05, 4.69) is 10.3 Å². The van der Waals surface area contributed by atoms with Crippen molar-refractivity contribution in [2.45, 2.75) is 6.42 Å². The minimum atomic E-state index is -0.111. The number of rotatable bonds is 5. The molecule has 0 bridgehead atoms. The van der Waals surface area contributed by atoms with Gasteiger partial charge in [0, 0.05) is 23.3 Å². The maximum Gasteiger partial charge on any atom is 0.228 e. The van der Waals surface area contributed by atoms with Crippen LogP contribution in [0, 0.1) is 0 Å². The molecule has 3 rings (SSSR count). The van der Waals surface area contributed by atoms with Gasteiger partial charge in [-0.3, -0.25) is 9.78 Å². The first-order valence-corrected chi connectivity index (χ1v) is 7.56. The molecule has 5 nitrogen and oxygen atoms in total. The van der Waals surface area contributed by atoms with Gasteiger partial charge in [-0.15, -0.1) is 0 Å². The lowest BCUT2D eigenvalue weighted by molar-refractivity contribution is -0.115. The van der Waals surface area contributed by atoms with Crippen LogP contribution >= 0.6 is 0 Å². The number of ether oxygens (including phenoxy) is 2. The van der Waals surface area contributed by atoms with Gasteiger partial charge >= 0.3 is 0 Å². The number of para-hydroxylation sites is 1. The van der Waals surface area contributed by atoms with E-state index in [0.717, 1.165) is 16.5 Å². The van der Waals surface area contributed by atoms with Crippen LogP contribution in [0.4, 0.5) is 5.69 Å². The highest BCUT2D eigenvalue weighted by Crippen LogP contribution is 2.29. The van der Waals surface area contributed by atoms with Crippen molar-refractivity contribution in [2.75, 3.05) is 19.5 Å². The molecule has 3 aromatic rings. The first-order chi connectivity index (χ1) is 11.7. The second-order valence-electron chi connectivity index (χ2n) is 5.29. The van der Waals surface area contributed by atoms with Gasteiger partial charge in [-0.25, -0.2) is 0 Å². The summed E-state index contributed by atoms with van der Waals surface area (Å²) >= 11 is 0. The van der Waals surface area contributed by atoms with Crippen LogP contribution in [0.1, 0.15) is 5.56 Å². The molecule has 1 heterocycles. The third-order valence-electron chi connectivity index (χ3n) is 3.73. The van der Waals surface area contributed by atoms with Crippen molar-refractivity contribution in [3.8, 4) is 11.5 Å². The molecule has 0 atom stereocenters. The molecule has 2 aromatic carbocycles. The third kappa shape index (κ3) is 3.30. The van der Waals surface area contributed by atoms with Crippen molar-refractivity contribution in [1.29, 1.82) is 0 Å². The average Bonchev–Trinajstić information content (AvgIpc) is 2.62. The Morgan fingerprint density at radius 2 is 1.83 bits per heavy atom. The molecular weight excluding hydrogens is 304 g/mol. The Morgan fingerprint density at radius 1 is 1.04 bits per heavy atom. The molecule has 24 heavy (non-hydrogen) atoms. The van der Waals surface area contributed by atoms with E-state index in [1.54, 1.807) is 38.6 Å². The van der Waals surface area contributed by atoms with Gasteiger partial charge in [-0.1, -0.05) is 24.3 Å². The fraction of sp³-hybridized carbons (Fsp3) is 0.158. The van der Waals surface area contributed by atoms with Crippen molar-refractivity contribution in [3.05, 3.63) is 60.3 Å². The van der Waals surface area contributed by atoms with Crippen LogP contribution < -0.4 is 14.8 Å². The van der Waals surface area contributed by atoms with E-state index in [9.17, 15) is 4.79 Å². The number of benzene rings is 2. The monoisotopic (exact) mass is 322 g/mol. The van der Waals surface area contributed by atoms with E-state index in [0.29, 0.717) is 17.2 Å². The molecule has 0 spiro atoms. The van der Waals surface area contributed by atoms with E-state index in [1.165, 1.54) is 0 Å². The average molecular weight is 322 g/mol. The zero-order valence-corrected chi connectivity index (χ0v) is 13.6. The number of nitrogens with zero attached hydrogens (tertiary/aromatic N) is 1. The molecule has 0 fully saturated rings. The number of carbonyl (C=O) groups is 1. The molecule has 0 aliphatic rings. The summed E-state index contributed by atoms with van der Waals surface area (Å²) in [6, 6.07) is 15.0. The maximum absolute atomic E-state index is 12.4. The lowest BCUT2D eigenvalue weighted by atomic mass is 10.1. The van der Waals surface area contributed by atoms with E-state index in [-0.39, 0.29) is 12.3 Å². The minimum absolute atomic E-state index is 0.111. The highest BCUT2D eigenvalue weighted by molar-refractivity contribution is 5.95. The van der Waals surface area contributed by atoms with Crippen LogP contribution in [-0.2, 0) is 11.2 Å². The summed E-state index contributed by atoms with van der Waals surface area (Å²) in [6.07, 6.45) is 1.99. The predicted octanol–water partition coefficient (Wildman–Crippen LogP) is 3.43. The SMILES string of the molecule is COc1ccc(NC(=O)Cc2cccc3cccnc23)cc1OC. The zero-order valence-electron chi connectivity index (χ0n) is 13.6. The summed E-state index contributed by atoms with van der Waals surface area (Å²) in [5.74, 6) is 1.08. The molecule has 0 radical (unpaired) electrons. The lowest BCUT2D eigenvalue weighted by Gasteiger charge is -2.11. The summed E-state index contributed by atoms with van der Waals surface area (Å²) < 4.78 is 10.4. The molecule has 1 N–H and O–H groups in total. The Morgan fingerprint density at radius 3 is 2.62 bits per heavy atom. The van der Waals surface area contributed by atoms with E-state index < -0.39 is 0 Å². The molecule has 0 saturated carbocycles. The molecule has 122 valence electrons. The first kappa shape index (κ1) is 15.8. The summed E-state index contributed by atoms with van der Waals surface area (Å²) in [5, 5.41) is 3.90. The van der Waals surface area contributed by atoms with Crippen LogP contribution in [-0.4, -0.2) is 25.1 Å². The standard InChI is InChI=1S/C19H18N2O3/c1-23-16-9-8-15(12-17(16)24-2)21-18(22)11-14-6-3-5-13-7-4-10-20-19(13)14/h3-10,12H,11H2,1-2H3,(H,21,22). The van der Waals surface area contributed by atoms with Gasteiger partial charge in [0.2, 0.25) is 5.91 Å². The number of pyridine rings is 1. The topological polar surface area (TPSA) is 60.5 Å².